The molecule has 0 amide bonds. The predicted molar refractivity (Wildman–Crippen MR) is 54.0 cm³/mol. The van der Waals surface area contributed by atoms with E-state index in [-0.39, 0.29) is 10.8 Å². The maximum atomic E-state index is 12.6. The zero-order valence-corrected chi connectivity index (χ0v) is 8.77. The van der Waals surface area contributed by atoms with Crippen LogP contribution in [0.1, 0.15) is 5.56 Å². The summed E-state index contributed by atoms with van der Waals surface area (Å²) in [5, 5.41) is 0.280. The molecule has 1 rings (SSSR count). The molecule has 13 heavy (non-hydrogen) atoms. The average molecular weight is 263 g/mol. The van der Waals surface area contributed by atoms with Crippen LogP contribution in [0.25, 0.3) is 5.03 Å². The van der Waals surface area contributed by atoms with E-state index in [1.807, 2.05) is 0 Å². The van der Waals surface area contributed by atoms with Crippen molar-refractivity contribution in [3.63, 3.8) is 0 Å². The van der Waals surface area contributed by atoms with Crippen molar-refractivity contribution in [1.82, 2.24) is 0 Å². The van der Waals surface area contributed by atoms with Crippen LogP contribution in [0.4, 0.5) is 4.39 Å². The van der Waals surface area contributed by atoms with Crippen molar-refractivity contribution in [2.24, 2.45) is 0 Å². The summed E-state index contributed by atoms with van der Waals surface area (Å²) in [7, 11) is 0. The van der Waals surface area contributed by atoms with E-state index >= 15 is 0 Å². The fraction of sp³-hybridized carbons (Fsp3) is 0. The van der Waals surface area contributed by atoms with Crippen LogP contribution in [0.15, 0.2) is 28.7 Å². The van der Waals surface area contributed by atoms with E-state index in [4.69, 9.17) is 11.6 Å². The summed E-state index contributed by atoms with van der Waals surface area (Å²) in [6.45, 7) is 0. The number of halogens is 3. The summed E-state index contributed by atoms with van der Waals surface area (Å²) in [5.41, 5.74) is 0.593. The van der Waals surface area contributed by atoms with Gasteiger partial charge in [-0.05, 0) is 24.3 Å². The minimum atomic E-state index is -0.355. The number of hydrogen-bond acceptors (Lipinski definition) is 1. The molecular weight excluding hydrogens is 258 g/mol. The first-order valence-electron chi connectivity index (χ1n) is 3.41. The number of benzene rings is 1. The second-order valence-electron chi connectivity index (χ2n) is 2.27. The first-order valence-corrected chi connectivity index (χ1v) is 4.58. The molecule has 0 fully saturated rings. The van der Waals surface area contributed by atoms with Gasteiger partial charge in [0.25, 0.3) is 0 Å². The highest BCUT2D eigenvalue weighted by atomic mass is 79.9. The first-order chi connectivity index (χ1) is 6.15. The first kappa shape index (κ1) is 10.4. The van der Waals surface area contributed by atoms with Crippen molar-refractivity contribution in [2.75, 3.05) is 0 Å². The number of allylic oxidation sites excluding steroid dienone is 1. The molecule has 1 aromatic rings. The second-order valence-corrected chi connectivity index (χ2v) is 3.54. The van der Waals surface area contributed by atoms with Gasteiger partial charge in [-0.2, -0.15) is 0 Å². The van der Waals surface area contributed by atoms with Crippen LogP contribution in [-0.4, -0.2) is 6.29 Å². The topological polar surface area (TPSA) is 17.1 Å². The quantitative estimate of drug-likeness (QED) is 0.590. The Labute approximate surface area is 88.3 Å². The molecule has 0 aliphatic carbocycles. The fourth-order valence-electron chi connectivity index (χ4n) is 0.833. The zero-order chi connectivity index (χ0) is 9.84. The summed E-state index contributed by atoms with van der Waals surface area (Å²) in [6.07, 6.45) is 1.79. The highest BCUT2D eigenvalue weighted by Gasteiger charge is 2.04. The van der Waals surface area contributed by atoms with E-state index in [2.05, 4.69) is 15.9 Å². The molecular formula is C9H5BrClFO. The van der Waals surface area contributed by atoms with Crippen LogP contribution < -0.4 is 0 Å². The summed E-state index contributed by atoms with van der Waals surface area (Å²) in [5.74, 6) is -0.355. The highest BCUT2D eigenvalue weighted by Crippen LogP contribution is 2.27. The summed E-state index contributed by atoms with van der Waals surface area (Å²) in [6, 6.07) is 4.07. The molecule has 0 aromatic heterocycles. The Kier molecular flexibility index (Phi) is 3.63. The molecule has 0 heterocycles. The van der Waals surface area contributed by atoms with E-state index in [0.29, 0.717) is 16.3 Å². The van der Waals surface area contributed by atoms with Gasteiger partial charge in [-0.3, -0.25) is 4.79 Å². The normalized spacial score (nSPS) is 11.5. The van der Waals surface area contributed by atoms with Crippen LogP contribution >= 0.6 is 27.5 Å². The molecule has 0 N–H and O–H groups in total. The number of hydrogen-bond donors (Lipinski definition) is 0. The molecule has 1 nitrogen and oxygen atoms in total. The van der Waals surface area contributed by atoms with Gasteiger partial charge in [-0.15, -0.1) is 0 Å². The number of carbonyl (C=O) groups is 1. The molecule has 0 saturated carbocycles. The Bertz CT molecular complexity index is 363. The van der Waals surface area contributed by atoms with E-state index in [1.165, 1.54) is 24.3 Å². The van der Waals surface area contributed by atoms with Gasteiger partial charge >= 0.3 is 0 Å². The van der Waals surface area contributed by atoms with E-state index < -0.39 is 0 Å². The molecule has 0 atom stereocenters. The Hall–Kier alpha value is -0.670. The van der Waals surface area contributed by atoms with Crippen LogP contribution in [0.2, 0.25) is 0 Å². The smallest absolute Gasteiger partial charge is 0.144 e. The average Bonchev–Trinajstić information content (AvgIpc) is 2.04. The van der Waals surface area contributed by atoms with E-state index in [1.54, 1.807) is 0 Å². The predicted octanol–water partition coefficient (Wildman–Crippen LogP) is 3.37. The maximum absolute atomic E-state index is 12.6. The Morgan fingerprint density at radius 1 is 1.54 bits per heavy atom. The highest BCUT2D eigenvalue weighted by molar-refractivity contribution is 9.10. The van der Waals surface area contributed by atoms with Gasteiger partial charge < -0.3 is 0 Å². The summed E-state index contributed by atoms with van der Waals surface area (Å²) in [4.78, 5) is 10.1. The lowest BCUT2D eigenvalue weighted by Gasteiger charge is -2.01. The zero-order valence-electron chi connectivity index (χ0n) is 6.43. The largest absolute Gasteiger partial charge is 0.299 e. The lowest BCUT2D eigenvalue weighted by molar-refractivity contribution is -0.104. The Morgan fingerprint density at radius 2 is 2.23 bits per heavy atom. The molecule has 0 spiro atoms. The van der Waals surface area contributed by atoms with Gasteiger partial charge in [0, 0.05) is 10.0 Å². The van der Waals surface area contributed by atoms with Crippen LogP contribution in [0.5, 0.6) is 0 Å². The molecule has 1 aromatic carbocycles. The lowest BCUT2D eigenvalue weighted by atomic mass is 10.2. The van der Waals surface area contributed by atoms with Crippen LogP contribution in [-0.2, 0) is 4.79 Å². The van der Waals surface area contributed by atoms with E-state index in [9.17, 15) is 9.18 Å². The van der Waals surface area contributed by atoms with Crippen molar-refractivity contribution in [1.29, 1.82) is 0 Å². The fourth-order valence-corrected chi connectivity index (χ4v) is 1.73. The molecule has 0 aliphatic heterocycles. The number of aldehydes is 1. The van der Waals surface area contributed by atoms with Gasteiger partial charge in [0.15, 0.2) is 0 Å². The minimum absolute atomic E-state index is 0.280. The van der Waals surface area contributed by atoms with Gasteiger partial charge in [0.2, 0.25) is 0 Å². The molecule has 4 heteroatoms. The standard InChI is InChI=1S/C9H5BrClFO/c10-8-5-6(12)1-2-7(8)9(11)3-4-13/h1-5H/b9-3-. The summed E-state index contributed by atoms with van der Waals surface area (Å²) < 4.78 is 13.2. The van der Waals surface area contributed by atoms with Gasteiger partial charge in [-0.25, -0.2) is 4.39 Å². The molecule has 0 aliphatic rings. The summed E-state index contributed by atoms with van der Waals surface area (Å²) >= 11 is 8.88. The van der Waals surface area contributed by atoms with E-state index in [0.717, 1.165) is 0 Å². The van der Waals surface area contributed by atoms with Crippen molar-refractivity contribution < 1.29 is 9.18 Å². The lowest BCUT2D eigenvalue weighted by Crippen LogP contribution is -1.82. The molecule has 0 saturated heterocycles. The van der Waals surface area contributed by atoms with Crippen LogP contribution in [0.3, 0.4) is 0 Å². The van der Waals surface area contributed by atoms with Crippen LogP contribution in [0, 0.1) is 5.82 Å². The van der Waals surface area contributed by atoms with Crippen molar-refractivity contribution >= 4 is 38.8 Å². The number of carbonyl (C=O) groups excluding carboxylic acids is 1. The molecule has 0 radical (unpaired) electrons. The second kappa shape index (κ2) is 4.53. The third kappa shape index (κ3) is 2.64. The third-order valence-corrected chi connectivity index (χ3v) is 2.39. The number of rotatable bonds is 2. The SMILES string of the molecule is O=C/C=C(\Cl)c1ccc(F)cc1Br. The Balaban J connectivity index is 3.15. The van der Waals surface area contributed by atoms with Gasteiger partial charge in [0.05, 0.1) is 5.03 Å². The van der Waals surface area contributed by atoms with Crippen molar-refractivity contribution in [2.45, 2.75) is 0 Å². The van der Waals surface area contributed by atoms with Crippen molar-refractivity contribution in [3.05, 3.63) is 40.1 Å². The third-order valence-electron chi connectivity index (χ3n) is 1.40. The molecule has 0 unspecified atom stereocenters. The van der Waals surface area contributed by atoms with Gasteiger partial charge in [0.1, 0.15) is 12.1 Å². The monoisotopic (exact) mass is 262 g/mol. The molecule has 0 bridgehead atoms. The maximum Gasteiger partial charge on any atom is 0.144 e. The Morgan fingerprint density at radius 3 is 2.77 bits per heavy atom. The van der Waals surface area contributed by atoms with Gasteiger partial charge in [-0.1, -0.05) is 27.5 Å². The van der Waals surface area contributed by atoms with Crippen molar-refractivity contribution in [3.8, 4) is 0 Å². The minimum Gasteiger partial charge on any atom is -0.299 e. The molecule has 68 valence electrons.